The van der Waals surface area contributed by atoms with Crippen LogP contribution in [-0.2, 0) is 14.3 Å². The molecule has 1 unspecified atom stereocenters. The molecule has 1 aliphatic heterocycles. The minimum absolute atomic E-state index is 0.0378. The van der Waals surface area contributed by atoms with E-state index in [-0.39, 0.29) is 52.7 Å². The van der Waals surface area contributed by atoms with Crippen molar-refractivity contribution in [1.82, 2.24) is 9.88 Å². The summed E-state index contributed by atoms with van der Waals surface area (Å²) in [5.74, 6) is -1.36. The minimum atomic E-state index is -0.840. The molecule has 0 aliphatic carbocycles. The van der Waals surface area contributed by atoms with E-state index in [1.54, 1.807) is 6.20 Å². The number of amides is 1. The van der Waals surface area contributed by atoms with E-state index in [1.165, 1.54) is 31.3 Å². The first-order valence-corrected chi connectivity index (χ1v) is 11.5. The van der Waals surface area contributed by atoms with Crippen molar-refractivity contribution < 1.29 is 28.9 Å². The highest BCUT2D eigenvalue weighted by atomic mass is 35.5. The molecule has 0 bridgehead atoms. The van der Waals surface area contributed by atoms with Crippen molar-refractivity contribution in [3.63, 3.8) is 0 Å². The van der Waals surface area contributed by atoms with Crippen LogP contribution in [0.15, 0.2) is 48.2 Å². The van der Waals surface area contributed by atoms with Gasteiger partial charge in [0.2, 0.25) is 0 Å². The second-order valence-corrected chi connectivity index (χ2v) is 8.80. The number of hydrogen-bond donors (Lipinski definition) is 2. The van der Waals surface area contributed by atoms with Crippen LogP contribution in [0.25, 0.3) is 16.7 Å². The number of benzene rings is 2. The average Bonchev–Trinajstić information content (AvgIpc) is 3.37. The molecule has 1 aromatic heterocycles. The van der Waals surface area contributed by atoms with Gasteiger partial charge in [-0.25, -0.2) is 0 Å². The summed E-state index contributed by atoms with van der Waals surface area (Å²) in [6, 6.07) is 9.70. The summed E-state index contributed by atoms with van der Waals surface area (Å²) in [5.41, 5.74) is 1.67. The van der Waals surface area contributed by atoms with Crippen LogP contribution in [0, 0.1) is 0 Å². The molecule has 1 atom stereocenters. The normalized spacial score (nSPS) is 17.5. The number of fused-ring (bicyclic) bond motifs is 1. The Labute approximate surface area is 208 Å². The van der Waals surface area contributed by atoms with E-state index in [2.05, 4.69) is 4.98 Å². The van der Waals surface area contributed by atoms with Gasteiger partial charge in [-0.2, -0.15) is 0 Å². The van der Waals surface area contributed by atoms with Crippen LogP contribution in [0.2, 0.25) is 5.02 Å². The van der Waals surface area contributed by atoms with Gasteiger partial charge >= 0.3 is 0 Å². The highest BCUT2D eigenvalue weighted by Crippen LogP contribution is 2.44. The number of aromatic nitrogens is 1. The lowest BCUT2D eigenvalue weighted by atomic mass is 9.94. The molecular weight excluding hydrogens is 472 g/mol. The molecule has 2 heterocycles. The molecular formula is C26H27ClN2O6. The lowest BCUT2D eigenvalue weighted by Gasteiger charge is -2.25. The maximum Gasteiger partial charge on any atom is 0.295 e. The summed E-state index contributed by atoms with van der Waals surface area (Å²) < 4.78 is 16.4. The number of nitrogens with zero attached hydrogens (tertiary/aromatic N) is 1. The molecule has 4 rings (SSSR count). The van der Waals surface area contributed by atoms with Gasteiger partial charge < -0.3 is 29.2 Å². The number of methoxy groups -OCH3 is 2. The number of H-pyrrole nitrogens is 1. The van der Waals surface area contributed by atoms with E-state index in [0.29, 0.717) is 5.56 Å². The zero-order valence-corrected chi connectivity index (χ0v) is 20.7. The fourth-order valence-electron chi connectivity index (χ4n) is 4.33. The number of ketones is 1. The minimum Gasteiger partial charge on any atom is -0.507 e. The molecule has 1 fully saturated rings. The summed E-state index contributed by atoms with van der Waals surface area (Å²) >= 11 is 6.23. The predicted molar refractivity (Wildman–Crippen MR) is 133 cm³/mol. The van der Waals surface area contributed by atoms with Crippen LogP contribution in [-0.4, -0.2) is 60.2 Å². The molecule has 3 aromatic rings. The van der Waals surface area contributed by atoms with Crippen LogP contribution in [0.1, 0.15) is 31.0 Å². The molecule has 0 saturated carbocycles. The zero-order valence-electron chi connectivity index (χ0n) is 19.9. The fourth-order valence-corrected chi connectivity index (χ4v) is 4.56. The maximum atomic E-state index is 13.3. The number of aromatic amines is 1. The average molecular weight is 499 g/mol. The highest BCUT2D eigenvalue weighted by Gasteiger charge is 2.47. The number of carbonyl (C=O) groups excluding carboxylic acids is 2. The van der Waals surface area contributed by atoms with Crippen molar-refractivity contribution >= 4 is 40.0 Å². The van der Waals surface area contributed by atoms with Gasteiger partial charge in [-0.3, -0.25) is 9.59 Å². The number of Topliss-reactive ketones (excluding diaryl/α,β-unsaturated/α-hetero) is 1. The standard InChI is InChI=1S/C26H27ClN2O6/c1-14(2)35-10-9-29-23(17-13-28-19-8-6-5-7-15(17)19)22(25(31)26(29)32)24(30)16-11-21(34-4)18(27)12-20(16)33-3/h5-8,11-14,23,28,30H,9-10H2,1-4H3/b24-22+. The number of rotatable bonds is 8. The number of halogens is 1. The van der Waals surface area contributed by atoms with Crippen LogP contribution in [0.3, 0.4) is 0 Å². The number of carbonyl (C=O) groups is 2. The SMILES string of the molecule is COc1cc(/C(O)=C2\C(=O)C(=O)N(CCOC(C)C)C2c2c[nH]c3ccccc23)c(OC)cc1Cl. The van der Waals surface area contributed by atoms with Gasteiger partial charge in [-0.1, -0.05) is 29.8 Å². The lowest BCUT2D eigenvalue weighted by Crippen LogP contribution is -2.33. The van der Waals surface area contributed by atoms with E-state index >= 15 is 0 Å². The largest absolute Gasteiger partial charge is 0.507 e. The van der Waals surface area contributed by atoms with Gasteiger partial charge in [0.15, 0.2) is 0 Å². The number of likely N-dealkylation sites (tertiary alicyclic amines) is 1. The summed E-state index contributed by atoms with van der Waals surface area (Å²) in [7, 11) is 2.87. The van der Waals surface area contributed by atoms with Crippen molar-refractivity contribution in [2.75, 3.05) is 27.4 Å². The quantitative estimate of drug-likeness (QED) is 0.265. The topological polar surface area (TPSA) is 101 Å². The molecule has 8 nitrogen and oxygen atoms in total. The van der Waals surface area contributed by atoms with E-state index < -0.39 is 17.7 Å². The van der Waals surface area contributed by atoms with Crippen molar-refractivity contribution in [1.29, 1.82) is 0 Å². The molecule has 1 saturated heterocycles. The number of aliphatic hydroxyl groups excluding tert-OH is 1. The highest BCUT2D eigenvalue weighted by molar-refractivity contribution is 6.46. The van der Waals surface area contributed by atoms with Crippen LogP contribution >= 0.6 is 11.6 Å². The first-order chi connectivity index (χ1) is 16.8. The third kappa shape index (κ3) is 4.47. The molecule has 9 heteroatoms. The van der Waals surface area contributed by atoms with Crippen LogP contribution in [0.4, 0.5) is 0 Å². The Bertz CT molecular complexity index is 1310. The summed E-state index contributed by atoms with van der Waals surface area (Å²) in [4.78, 5) is 31.1. The fraction of sp³-hybridized carbons (Fsp3) is 0.308. The molecule has 1 aliphatic rings. The Kier molecular flexibility index (Phi) is 7.05. The molecule has 2 N–H and O–H groups in total. The Morgan fingerprint density at radius 1 is 1.14 bits per heavy atom. The van der Waals surface area contributed by atoms with Gasteiger partial charge in [-0.15, -0.1) is 0 Å². The van der Waals surface area contributed by atoms with Gasteiger partial charge in [0.05, 0.1) is 49.1 Å². The van der Waals surface area contributed by atoms with E-state index in [1.807, 2.05) is 38.1 Å². The Balaban J connectivity index is 1.92. The Hall–Kier alpha value is -3.49. The molecule has 0 spiro atoms. The number of hydrogen-bond acceptors (Lipinski definition) is 6. The second kappa shape index (κ2) is 10.0. The molecule has 0 radical (unpaired) electrons. The first-order valence-electron chi connectivity index (χ1n) is 11.2. The van der Waals surface area contributed by atoms with Gasteiger partial charge in [0.25, 0.3) is 11.7 Å². The smallest absolute Gasteiger partial charge is 0.295 e. The number of aliphatic hydroxyl groups is 1. The third-order valence-electron chi connectivity index (χ3n) is 5.97. The summed E-state index contributed by atoms with van der Waals surface area (Å²) in [6.45, 7) is 4.20. The number of nitrogens with one attached hydrogen (secondary N) is 1. The zero-order chi connectivity index (χ0) is 25.3. The predicted octanol–water partition coefficient (Wildman–Crippen LogP) is 4.69. The van der Waals surface area contributed by atoms with E-state index in [9.17, 15) is 14.7 Å². The van der Waals surface area contributed by atoms with E-state index in [4.69, 9.17) is 25.8 Å². The Morgan fingerprint density at radius 3 is 2.54 bits per heavy atom. The molecule has 184 valence electrons. The number of ether oxygens (including phenoxy) is 3. The third-order valence-corrected chi connectivity index (χ3v) is 6.26. The number of para-hydroxylation sites is 1. The second-order valence-electron chi connectivity index (χ2n) is 8.39. The summed E-state index contributed by atoms with van der Waals surface area (Å²) in [5, 5.41) is 12.6. The van der Waals surface area contributed by atoms with Gasteiger partial charge in [0.1, 0.15) is 17.3 Å². The van der Waals surface area contributed by atoms with Crippen molar-refractivity contribution in [3.05, 3.63) is 64.3 Å². The van der Waals surface area contributed by atoms with Crippen molar-refractivity contribution in [2.24, 2.45) is 0 Å². The van der Waals surface area contributed by atoms with Crippen molar-refractivity contribution in [3.8, 4) is 11.5 Å². The molecule has 2 aromatic carbocycles. The van der Waals surface area contributed by atoms with Gasteiger partial charge in [-0.05, 0) is 26.0 Å². The van der Waals surface area contributed by atoms with Crippen molar-refractivity contribution in [2.45, 2.75) is 26.0 Å². The first kappa shape index (κ1) is 24.6. The monoisotopic (exact) mass is 498 g/mol. The summed E-state index contributed by atoms with van der Waals surface area (Å²) in [6.07, 6.45) is 1.72. The lowest BCUT2D eigenvalue weighted by molar-refractivity contribution is -0.140. The Morgan fingerprint density at radius 2 is 1.86 bits per heavy atom. The van der Waals surface area contributed by atoms with Crippen LogP contribution < -0.4 is 9.47 Å². The van der Waals surface area contributed by atoms with Gasteiger partial charge in [0, 0.05) is 35.3 Å². The molecule has 35 heavy (non-hydrogen) atoms. The van der Waals surface area contributed by atoms with E-state index in [0.717, 1.165) is 10.9 Å². The molecule has 1 amide bonds. The maximum absolute atomic E-state index is 13.3. The van der Waals surface area contributed by atoms with Crippen LogP contribution in [0.5, 0.6) is 11.5 Å².